The topological polar surface area (TPSA) is 79.0 Å². The number of piperazine rings is 1. The molecule has 4 rings (SSSR count). The number of halogens is 2. The van der Waals surface area contributed by atoms with Crippen LogP contribution >= 0.6 is 11.6 Å². The zero-order chi connectivity index (χ0) is 20.5. The number of benzene rings is 2. The summed E-state index contributed by atoms with van der Waals surface area (Å²) in [6.45, 7) is 1.69. The van der Waals surface area contributed by atoms with Gasteiger partial charge in [0.1, 0.15) is 11.6 Å². The molecule has 0 spiro atoms. The Balaban J connectivity index is 1.34. The highest BCUT2D eigenvalue weighted by Gasteiger charge is 2.27. The number of hydrogen-bond acceptors (Lipinski definition) is 5. The van der Waals surface area contributed by atoms with Gasteiger partial charge in [-0.3, -0.25) is 14.4 Å². The quantitative estimate of drug-likeness (QED) is 0.460. The molecule has 1 saturated heterocycles. The smallest absolute Gasteiger partial charge is 0.315 e. The first-order valence-electron chi connectivity index (χ1n) is 9.04. The first-order chi connectivity index (χ1) is 13.9. The summed E-state index contributed by atoms with van der Waals surface area (Å²) < 4.78 is 18.4. The standard InChI is InChI=1S/C20H17ClFN3O4/c21-15-11-14(3-4-16(15)22)24-5-7-25(8-6-24)20(28)19(27)23-13-2-1-12-9-18(26)29-17(12)10-13/h1-4,10-11H,5-9H2,(H,23,27). The summed E-state index contributed by atoms with van der Waals surface area (Å²) in [7, 11) is 0. The zero-order valence-corrected chi connectivity index (χ0v) is 16.0. The third-order valence-corrected chi connectivity index (χ3v) is 5.20. The van der Waals surface area contributed by atoms with E-state index < -0.39 is 17.6 Å². The Bertz CT molecular complexity index is 1010. The number of carbonyl (C=O) groups is 3. The van der Waals surface area contributed by atoms with Gasteiger partial charge in [-0.15, -0.1) is 0 Å². The van der Waals surface area contributed by atoms with Gasteiger partial charge in [-0.05, 0) is 24.3 Å². The molecule has 0 saturated carbocycles. The van der Waals surface area contributed by atoms with Crippen molar-refractivity contribution in [1.82, 2.24) is 4.90 Å². The highest BCUT2D eigenvalue weighted by molar-refractivity contribution is 6.39. The molecule has 0 unspecified atom stereocenters. The molecular weight excluding hydrogens is 401 g/mol. The number of fused-ring (bicyclic) bond motifs is 1. The van der Waals surface area contributed by atoms with E-state index in [4.69, 9.17) is 16.3 Å². The molecule has 2 aromatic rings. The first kappa shape index (κ1) is 19.2. The van der Waals surface area contributed by atoms with Gasteiger partial charge >= 0.3 is 17.8 Å². The van der Waals surface area contributed by atoms with Gasteiger partial charge in [0.15, 0.2) is 0 Å². The van der Waals surface area contributed by atoms with Crippen LogP contribution in [0.4, 0.5) is 15.8 Å². The Morgan fingerprint density at radius 3 is 2.55 bits per heavy atom. The van der Waals surface area contributed by atoms with E-state index in [1.807, 2.05) is 4.90 Å². The van der Waals surface area contributed by atoms with Gasteiger partial charge in [-0.2, -0.15) is 0 Å². The fourth-order valence-electron chi connectivity index (χ4n) is 3.37. The second-order valence-electron chi connectivity index (χ2n) is 6.81. The maximum atomic E-state index is 13.3. The molecule has 150 valence electrons. The first-order valence-corrected chi connectivity index (χ1v) is 9.42. The van der Waals surface area contributed by atoms with E-state index in [0.29, 0.717) is 37.6 Å². The van der Waals surface area contributed by atoms with Crippen LogP contribution in [0.1, 0.15) is 5.56 Å². The molecule has 2 aliphatic heterocycles. The lowest BCUT2D eigenvalue weighted by molar-refractivity contribution is -0.143. The van der Waals surface area contributed by atoms with Crippen molar-refractivity contribution in [2.24, 2.45) is 0 Å². The SMILES string of the molecule is O=C1Cc2ccc(NC(=O)C(=O)N3CCN(c4ccc(F)c(Cl)c4)CC3)cc2O1. The van der Waals surface area contributed by atoms with E-state index in [2.05, 4.69) is 5.32 Å². The number of rotatable bonds is 2. The number of ether oxygens (including phenoxy) is 1. The summed E-state index contributed by atoms with van der Waals surface area (Å²) >= 11 is 5.83. The van der Waals surface area contributed by atoms with Crippen molar-refractivity contribution in [2.45, 2.75) is 6.42 Å². The Morgan fingerprint density at radius 2 is 1.83 bits per heavy atom. The van der Waals surface area contributed by atoms with Crippen molar-refractivity contribution in [1.29, 1.82) is 0 Å². The van der Waals surface area contributed by atoms with Crippen LogP contribution in [0.3, 0.4) is 0 Å². The Kier molecular flexibility index (Phi) is 5.10. The van der Waals surface area contributed by atoms with E-state index in [0.717, 1.165) is 11.3 Å². The second-order valence-corrected chi connectivity index (χ2v) is 7.21. The maximum absolute atomic E-state index is 13.3. The van der Waals surface area contributed by atoms with Crippen molar-refractivity contribution in [2.75, 3.05) is 36.4 Å². The summed E-state index contributed by atoms with van der Waals surface area (Å²) in [4.78, 5) is 39.5. The van der Waals surface area contributed by atoms with Crippen LogP contribution in [-0.4, -0.2) is 48.9 Å². The monoisotopic (exact) mass is 417 g/mol. The molecule has 1 fully saturated rings. The summed E-state index contributed by atoms with van der Waals surface area (Å²) in [5.74, 6) is -1.83. The van der Waals surface area contributed by atoms with E-state index >= 15 is 0 Å². The lowest BCUT2D eigenvalue weighted by Crippen LogP contribution is -2.51. The van der Waals surface area contributed by atoms with E-state index in [1.165, 1.54) is 17.0 Å². The fraction of sp³-hybridized carbons (Fsp3) is 0.250. The molecule has 29 heavy (non-hydrogen) atoms. The van der Waals surface area contributed by atoms with Gasteiger partial charge in [-0.1, -0.05) is 17.7 Å². The highest BCUT2D eigenvalue weighted by Crippen LogP contribution is 2.29. The summed E-state index contributed by atoms with van der Waals surface area (Å²) in [5.41, 5.74) is 1.90. The minimum absolute atomic E-state index is 0.0420. The Labute approximate surface area is 171 Å². The number of carbonyl (C=O) groups excluding carboxylic acids is 3. The van der Waals surface area contributed by atoms with Crippen molar-refractivity contribution >= 4 is 40.8 Å². The van der Waals surface area contributed by atoms with Crippen molar-refractivity contribution in [3.63, 3.8) is 0 Å². The molecule has 2 aliphatic rings. The molecule has 0 aromatic heterocycles. The van der Waals surface area contributed by atoms with Gasteiger partial charge in [-0.25, -0.2) is 4.39 Å². The third-order valence-electron chi connectivity index (χ3n) is 4.91. The number of anilines is 2. The summed E-state index contributed by atoms with van der Waals surface area (Å²) in [6, 6.07) is 9.32. The number of nitrogens with one attached hydrogen (secondary N) is 1. The molecule has 2 aromatic carbocycles. The van der Waals surface area contributed by atoms with Gasteiger partial charge in [0.25, 0.3) is 0 Å². The highest BCUT2D eigenvalue weighted by atomic mass is 35.5. The van der Waals surface area contributed by atoms with Gasteiger partial charge in [0.2, 0.25) is 0 Å². The average molecular weight is 418 g/mol. The van der Waals surface area contributed by atoms with Gasteiger partial charge in [0.05, 0.1) is 11.4 Å². The Hall–Kier alpha value is -3.13. The van der Waals surface area contributed by atoms with Crippen LogP contribution < -0.4 is 15.0 Å². The number of amides is 2. The number of esters is 1. The molecule has 2 amide bonds. The number of nitrogens with zero attached hydrogens (tertiary/aromatic N) is 2. The van der Waals surface area contributed by atoms with E-state index in [9.17, 15) is 18.8 Å². The normalized spacial score (nSPS) is 15.7. The Morgan fingerprint density at radius 1 is 1.07 bits per heavy atom. The van der Waals surface area contributed by atoms with Crippen LogP contribution in [0.25, 0.3) is 0 Å². The van der Waals surface area contributed by atoms with Gasteiger partial charge in [0, 0.05) is 49.2 Å². The van der Waals surface area contributed by atoms with E-state index in [1.54, 1.807) is 24.3 Å². The van der Waals surface area contributed by atoms with Crippen molar-refractivity contribution in [3.05, 3.63) is 52.8 Å². The zero-order valence-electron chi connectivity index (χ0n) is 15.3. The molecule has 2 heterocycles. The minimum atomic E-state index is -0.757. The summed E-state index contributed by atoms with van der Waals surface area (Å²) in [6.07, 6.45) is 0.200. The predicted octanol–water partition coefficient (Wildman–Crippen LogP) is 2.23. The largest absolute Gasteiger partial charge is 0.426 e. The van der Waals surface area contributed by atoms with Crippen molar-refractivity contribution in [3.8, 4) is 5.75 Å². The van der Waals surface area contributed by atoms with Crippen LogP contribution in [-0.2, 0) is 20.8 Å². The molecule has 7 nitrogen and oxygen atoms in total. The van der Waals surface area contributed by atoms with Crippen LogP contribution in [0.5, 0.6) is 5.75 Å². The molecule has 1 N–H and O–H groups in total. The fourth-order valence-corrected chi connectivity index (χ4v) is 3.54. The molecule has 0 radical (unpaired) electrons. The third kappa shape index (κ3) is 4.02. The van der Waals surface area contributed by atoms with Gasteiger partial charge < -0.3 is 19.9 Å². The molecular formula is C20H17ClFN3O4. The lowest BCUT2D eigenvalue weighted by Gasteiger charge is -2.35. The van der Waals surface area contributed by atoms with Crippen molar-refractivity contribution < 1.29 is 23.5 Å². The maximum Gasteiger partial charge on any atom is 0.315 e. The average Bonchev–Trinajstić information content (AvgIpc) is 3.09. The second kappa shape index (κ2) is 7.71. The number of hydrogen-bond donors (Lipinski definition) is 1. The molecule has 9 heteroatoms. The molecule has 0 bridgehead atoms. The predicted molar refractivity (Wildman–Crippen MR) is 105 cm³/mol. The molecule has 0 atom stereocenters. The summed E-state index contributed by atoms with van der Waals surface area (Å²) in [5, 5.41) is 2.59. The lowest BCUT2D eigenvalue weighted by atomic mass is 10.1. The van der Waals surface area contributed by atoms with Crippen LogP contribution in [0.15, 0.2) is 36.4 Å². The van der Waals surface area contributed by atoms with Crippen LogP contribution in [0.2, 0.25) is 5.02 Å². The van der Waals surface area contributed by atoms with E-state index in [-0.39, 0.29) is 17.4 Å². The minimum Gasteiger partial charge on any atom is -0.426 e. The van der Waals surface area contributed by atoms with Crippen LogP contribution in [0, 0.1) is 5.82 Å². The molecule has 0 aliphatic carbocycles.